The number of carbonyl (C=O) groups is 3. The minimum absolute atomic E-state index is 0.0657. The molecule has 0 N–H and O–H groups in total. The normalized spacial score (nSPS) is 12.2. The summed E-state index contributed by atoms with van der Waals surface area (Å²) in [5.41, 5.74) is 0. The van der Waals surface area contributed by atoms with E-state index in [0.717, 1.165) is 70.6 Å². The van der Waals surface area contributed by atoms with E-state index in [1.54, 1.807) is 0 Å². The van der Waals surface area contributed by atoms with Gasteiger partial charge in [-0.2, -0.15) is 0 Å². The molecular weight excluding hydrogens is 877 g/mol. The quantitative estimate of drug-likeness (QED) is 0.0261. The van der Waals surface area contributed by atoms with Crippen LogP contribution in [-0.4, -0.2) is 37.2 Å². The van der Waals surface area contributed by atoms with Crippen LogP contribution in [0.4, 0.5) is 0 Å². The molecule has 0 radical (unpaired) electrons. The van der Waals surface area contributed by atoms with E-state index in [1.807, 2.05) is 0 Å². The maximum atomic E-state index is 12.8. The molecule has 0 aromatic rings. The monoisotopic (exact) mass is 997 g/mol. The van der Waals surface area contributed by atoms with Gasteiger partial charge in [0.2, 0.25) is 0 Å². The summed E-state index contributed by atoms with van der Waals surface area (Å²) in [6.45, 7) is 6.64. The standard InChI is InChI=1S/C65H120O6/c1-4-7-10-13-16-19-22-23-24-25-26-27-28-29-30-31-32-33-34-35-36-37-38-39-40-41-42-43-44-47-49-52-55-58-64(67)70-61-62(71-65(68)59-56-53-50-46-21-18-15-12-9-6-3)60-69-63(66)57-54-51-48-45-20-17-14-11-8-5-2/h22-23,25-26,28-29,62H,4-21,24,27,30-61H2,1-3H3/b23-22-,26-25-,29-28-. The highest BCUT2D eigenvalue weighted by Gasteiger charge is 2.19. The number of hydrogen-bond donors (Lipinski definition) is 0. The van der Waals surface area contributed by atoms with Crippen LogP contribution in [0.1, 0.15) is 342 Å². The number of unbranched alkanes of at least 4 members (excludes halogenated alkanes) is 41. The second kappa shape index (κ2) is 60.2. The molecule has 0 bridgehead atoms. The SMILES string of the molecule is CCCCCCC/C=C\C/C=C\C/C=C\CCCCCCCCCCCCCCCCCCCCC(=O)OCC(COC(=O)CCCCCCCCCCCC)OC(=O)CCCCCCCCCCCC. The van der Waals surface area contributed by atoms with Crippen molar-refractivity contribution < 1.29 is 28.6 Å². The average Bonchev–Trinajstić information content (AvgIpc) is 3.37. The van der Waals surface area contributed by atoms with Crippen molar-refractivity contribution in [3.05, 3.63) is 36.5 Å². The molecule has 1 unspecified atom stereocenters. The zero-order valence-corrected chi connectivity index (χ0v) is 47.8. The molecule has 0 saturated carbocycles. The molecule has 416 valence electrons. The van der Waals surface area contributed by atoms with Crippen LogP contribution in [0.5, 0.6) is 0 Å². The highest BCUT2D eigenvalue weighted by Crippen LogP contribution is 2.17. The van der Waals surface area contributed by atoms with Crippen molar-refractivity contribution >= 4 is 17.9 Å². The summed E-state index contributed by atoms with van der Waals surface area (Å²) in [4.78, 5) is 38.0. The summed E-state index contributed by atoms with van der Waals surface area (Å²) in [6, 6.07) is 0. The molecule has 0 aliphatic rings. The Labute approximate surface area is 442 Å². The van der Waals surface area contributed by atoms with Crippen molar-refractivity contribution in [2.24, 2.45) is 0 Å². The van der Waals surface area contributed by atoms with Crippen LogP contribution in [-0.2, 0) is 28.6 Å². The van der Waals surface area contributed by atoms with Crippen LogP contribution in [0.15, 0.2) is 36.5 Å². The molecule has 6 nitrogen and oxygen atoms in total. The lowest BCUT2D eigenvalue weighted by atomic mass is 10.0. The minimum atomic E-state index is -0.764. The fraction of sp³-hybridized carbons (Fsp3) is 0.862. The van der Waals surface area contributed by atoms with Gasteiger partial charge in [-0.1, -0.05) is 301 Å². The van der Waals surface area contributed by atoms with Crippen LogP contribution >= 0.6 is 0 Å². The molecular formula is C65H120O6. The van der Waals surface area contributed by atoms with Gasteiger partial charge in [-0.15, -0.1) is 0 Å². The smallest absolute Gasteiger partial charge is 0.306 e. The summed E-state index contributed by atoms with van der Waals surface area (Å²) < 4.78 is 16.8. The van der Waals surface area contributed by atoms with E-state index in [0.29, 0.717) is 19.3 Å². The van der Waals surface area contributed by atoms with Gasteiger partial charge in [-0.3, -0.25) is 14.4 Å². The number of carbonyl (C=O) groups excluding carboxylic acids is 3. The first-order valence-electron chi connectivity index (χ1n) is 31.5. The molecule has 0 rings (SSSR count). The van der Waals surface area contributed by atoms with Crippen LogP contribution in [0.3, 0.4) is 0 Å². The summed E-state index contributed by atoms with van der Waals surface area (Å²) >= 11 is 0. The van der Waals surface area contributed by atoms with E-state index in [1.165, 1.54) is 231 Å². The first-order chi connectivity index (χ1) is 35.0. The Hall–Kier alpha value is -2.37. The summed E-state index contributed by atoms with van der Waals surface area (Å²) in [7, 11) is 0. The second-order valence-electron chi connectivity index (χ2n) is 21.3. The van der Waals surface area contributed by atoms with Crippen LogP contribution < -0.4 is 0 Å². The molecule has 0 aliphatic heterocycles. The van der Waals surface area contributed by atoms with Gasteiger partial charge in [-0.05, 0) is 57.8 Å². The van der Waals surface area contributed by atoms with E-state index in [-0.39, 0.29) is 31.1 Å². The van der Waals surface area contributed by atoms with E-state index >= 15 is 0 Å². The number of allylic oxidation sites excluding steroid dienone is 6. The molecule has 6 heteroatoms. The first kappa shape index (κ1) is 68.6. The molecule has 0 aliphatic carbocycles. The maximum Gasteiger partial charge on any atom is 0.306 e. The van der Waals surface area contributed by atoms with Crippen LogP contribution in [0.2, 0.25) is 0 Å². The van der Waals surface area contributed by atoms with Gasteiger partial charge in [0.1, 0.15) is 13.2 Å². The van der Waals surface area contributed by atoms with Gasteiger partial charge < -0.3 is 14.2 Å². The Morgan fingerprint density at radius 2 is 0.507 bits per heavy atom. The molecule has 71 heavy (non-hydrogen) atoms. The van der Waals surface area contributed by atoms with Gasteiger partial charge in [0.15, 0.2) is 6.10 Å². The lowest BCUT2D eigenvalue weighted by molar-refractivity contribution is -0.167. The number of rotatable bonds is 58. The van der Waals surface area contributed by atoms with Crippen molar-refractivity contribution in [1.29, 1.82) is 0 Å². The number of hydrogen-bond acceptors (Lipinski definition) is 6. The lowest BCUT2D eigenvalue weighted by Gasteiger charge is -2.18. The van der Waals surface area contributed by atoms with Gasteiger partial charge in [-0.25, -0.2) is 0 Å². The third-order valence-corrected chi connectivity index (χ3v) is 14.1. The highest BCUT2D eigenvalue weighted by atomic mass is 16.6. The Morgan fingerprint density at radius 3 is 0.789 bits per heavy atom. The molecule has 0 fully saturated rings. The van der Waals surface area contributed by atoms with Crippen molar-refractivity contribution in [3.63, 3.8) is 0 Å². The van der Waals surface area contributed by atoms with Gasteiger partial charge >= 0.3 is 17.9 Å². The zero-order chi connectivity index (χ0) is 51.4. The molecule has 0 heterocycles. The van der Waals surface area contributed by atoms with E-state index in [4.69, 9.17) is 14.2 Å². The topological polar surface area (TPSA) is 78.9 Å². The third-order valence-electron chi connectivity index (χ3n) is 14.1. The number of esters is 3. The van der Waals surface area contributed by atoms with E-state index in [2.05, 4.69) is 57.2 Å². The third kappa shape index (κ3) is 58.4. The van der Waals surface area contributed by atoms with E-state index < -0.39 is 6.10 Å². The second-order valence-corrected chi connectivity index (χ2v) is 21.3. The summed E-state index contributed by atoms with van der Waals surface area (Å²) in [6.07, 6.45) is 73.2. The molecule has 0 amide bonds. The predicted octanol–water partition coefficient (Wildman–Crippen LogP) is 21.2. The van der Waals surface area contributed by atoms with E-state index in [9.17, 15) is 14.4 Å². The molecule has 1 atom stereocenters. The van der Waals surface area contributed by atoms with Gasteiger partial charge in [0.25, 0.3) is 0 Å². The fourth-order valence-corrected chi connectivity index (χ4v) is 9.39. The Kier molecular flexibility index (Phi) is 58.2. The highest BCUT2D eigenvalue weighted by molar-refractivity contribution is 5.71. The molecule has 0 spiro atoms. The largest absolute Gasteiger partial charge is 0.462 e. The maximum absolute atomic E-state index is 12.8. The van der Waals surface area contributed by atoms with Crippen molar-refractivity contribution in [2.75, 3.05) is 13.2 Å². The molecule has 0 aromatic carbocycles. The van der Waals surface area contributed by atoms with Gasteiger partial charge in [0, 0.05) is 19.3 Å². The fourth-order valence-electron chi connectivity index (χ4n) is 9.39. The lowest BCUT2D eigenvalue weighted by Crippen LogP contribution is -2.30. The Morgan fingerprint density at radius 1 is 0.282 bits per heavy atom. The Bertz CT molecular complexity index is 1190. The molecule has 0 aromatic heterocycles. The Balaban J connectivity index is 3.96. The first-order valence-corrected chi connectivity index (χ1v) is 31.5. The summed E-state index contributed by atoms with van der Waals surface area (Å²) in [5, 5.41) is 0. The molecule has 0 saturated heterocycles. The predicted molar refractivity (Wildman–Crippen MR) is 307 cm³/mol. The van der Waals surface area contributed by atoms with Crippen LogP contribution in [0, 0.1) is 0 Å². The average molecular weight is 998 g/mol. The summed E-state index contributed by atoms with van der Waals surface area (Å²) in [5.74, 6) is -0.850. The van der Waals surface area contributed by atoms with Gasteiger partial charge in [0.05, 0.1) is 0 Å². The minimum Gasteiger partial charge on any atom is -0.462 e. The van der Waals surface area contributed by atoms with Crippen LogP contribution in [0.25, 0.3) is 0 Å². The van der Waals surface area contributed by atoms with Crippen molar-refractivity contribution in [3.8, 4) is 0 Å². The van der Waals surface area contributed by atoms with Crippen molar-refractivity contribution in [2.45, 2.75) is 348 Å². The number of ether oxygens (including phenoxy) is 3. The zero-order valence-electron chi connectivity index (χ0n) is 47.8. The van der Waals surface area contributed by atoms with Crippen molar-refractivity contribution in [1.82, 2.24) is 0 Å².